The van der Waals surface area contributed by atoms with E-state index >= 15 is 0 Å². The van der Waals surface area contributed by atoms with Gasteiger partial charge in [0.1, 0.15) is 0 Å². The molecule has 0 fully saturated rings. The Kier molecular flexibility index (Phi) is 50.4. The molecule has 14 heavy (non-hydrogen) atoms. The summed E-state index contributed by atoms with van der Waals surface area (Å²) < 4.78 is 17.8. The summed E-state index contributed by atoms with van der Waals surface area (Å²) >= 11 is 0. The number of phosphoric acid groups is 2. The average Bonchev–Trinajstić information content (AvgIpc) is 1.12. The second kappa shape index (κ2) is 19.1. The maximum atomic E-state index is 8.88. The van der Waals surface area contributed by atoms with Gasteiger partial charge in [-0.15, -0.1) is 0 Å². The first-order chi connectivity index (χ1) is 4.00. The molecule has 0 atom stereocenters. The summed E-state index contributed by atoms with van der Waals surface area (Å²) in [5.74, 6) is 0. The van der Waals surface area contributed by atoms with Crippen LogP contribution in [0.3, 0.4) is 0 Å². The molecule has 0 saturated heterocycles. The summed E-state index contributed by atoms with van der Waals surface area (Å²) in [5, 5.41) is 0. The van der Waals surface area contributed by atoms with Gasteiger partial charge in [-0.3, -0.25) is 0 Å². The van der Waals surface area contributed by atoms with E-state index in [1.165, 1.54) is 0 Å². The Hall–Kier alpha value is 6.13. The summed E-state index contributed by atoms with van der Waals surface area (Å²) in [4.78, 5) is 43.1. The summed E-state index contributed by atoms with van der Waals surface area (Å²) in [5.41, 5.74) is 0. The Morgan fingerprint density at radius 1 is 0.571 bits per heavy atom. The summed E-state index contributed by atoms with van der Waals surface area (Å²) in [6.45, 7) is 0. The zero-order valence-corrected chi connectivity index (χ0v) is 6.18. The third kappa shape index (κ3) is 142. The van der Waals surface area contributed by atoms with Gasteiger partial charge in [-0.25, -0.2) is 9.13 Å². The molecule has 0 aromatic rings. The predicted molar refractivity (Wildman–Crippen MR) is 57.1 cm³/mol. The van der Waals surface area contributed by atoms with Gasteiger partial charge in [0, 0.05) is 0 Å². The Labute approximate surface area is 230 Å². The Morgan fingerprint density at radius 2 is 0.571 bits per heavy atom. The van der Waals surface area contributed by atoms with E-state index in [0.717, 1.165) is 0 Å². The van der Waals surface area contributed by atoms with Crippen LogP contribution in [0, 0.1) is 0 Å². The van der Waals surface area contributed by atoms with E-state index in [0.29, 0.717) is 0 Å². The molecule has 0 aliphatic heterocycles. The first-order valence-corrected chi connectivity index (χ1v) is 4.70. The molecule has 0 aromatic heterocycles. The van der Waals surface area contributed by atoms with E-state index in [9.17, 15) is 0 Å². The number of hydrogen-bond donors (Lipinski definition) is 6. The predicted octanol–water partition coefficient (Wildman–Crippen LogP) is -4.45. The van der Waals surface area contributed by atoms with Gasteiger partial charge in [0.25, 0.3) is 0 Å². The van der Waals surface area contributed by atoms with Gasteiger partial charge in [0.05, 0.1) is 0 Å². The fourth-order valence-corrected chi connectivity index (χ4v) is 0. The van der Waals surface area contributed by atoms with Crippen LogP contribution < -0.4 is 0 Å². The normalized spacial score (nSPS) is 8.43. The molecule has 0 aliphatic carbocycles. The molecule has 0 heterocycles. The van der Waals surface area contributed by atoms with Crippen LogP contribution in [-0.4, -0.2) is 213 Å². The SMILES string of the molecule is O=P(O)(O)O.O=P(O)(O)O.[KH].[KH].[KH].[NaH]. The summed E-state index contributed by atoms with van der Waals surface area (Å²) in [6.07, 6.45) is 0. The van der Waals surface area contributed by atoms with Crippen LogP contribution in [0.15, 0.2) is 0 Å². The van der Waals surface area contributed by atoms with Crippen molar-refractivity contribution in [3.05, 3.63) is 0 Å². The third-order valence-electron chi connectivity index (χ3n) is 0. The Morgan fingerprint density at radius 3 is 0.571 bits per heavy atom. The van der Waals surface area contributed by atoms with Crippen LogP contribution in [0.2, 0.25) is 0 Å². The molecule has 0 radical (unpaired) electrons. The van der Waals surface area contributed by atoms with Crippen LogP contribution in [0.25, 0.3) is 0 Å². The molecule has 6 N–H and O–H groups in total. The number of hydrogen-bond acceptors (Lipinski definition) is 2. The van der Waals surface area contributed by atoms with Crippen molar-refractivity contribution >= 4 is 199 Å². The van der Waals surface area contributed by atoms with Crippen molar-refractivity contribution in [2.45, 2.75) is 0 Å². The zero-order valence-electron chi connectivity index (χ0n) is 4.39. The fourth-order valence-electron chi connectivity index (χ4n) is 0. The Bertz CT molecular complexity index is 135. The van der Waals surface area contributed by atoms with Crippen LogP contribution >= 0.6 is 15.6 Å². The van der Waals surface area contributed by atoms with Crippen LogP contribution in [0.5, 0.6) is 0 Å². The minimum absolute atomic E-state index is 0. The average molecular weight is 340 g/mol. The topological polar surface area (TPSA) is 156 Å². The van der Waals surface area contributed by atoms with Crippen molar-refractivity contribution in [1.29, 1.82) is 0 Å². The van der Waals surface area contributed by atoms with E-state index in [1.807, 2.05) is 0 Å². The second-order valence-corrected chi connectivity index (χ2v) is 3.08. The third-order valence-corrected chi connectivity index (χ3v) is 0. The van der Waals surface area contributed by atoms with Crippen molar-refractivity contribution < 1.29 is 38.5 Å². The fraction of sp³-hybridized carbons (Fsp3) is 0. The van der Waals surface area contributed by atoms with Crippen LogP contribution in [0.1, 0.15) is 0 Å². The first kappa shape index (κ1) is 36.9. The minimum atomic E-state index is -4.64. The van der Waals surface area contributed by atoms with Crippen LogP contribution in [0.4, 0.5) is 0 Å². The molecule has 0 rings (SSSR count). The monoisotopic (exact) mass is 340 g/mol. The second-order valence-electron chi connectivity index (χ2n) is 1.03. The number of rotatable bonds is 0. The zero-order chi connectivity index (χ0) is 9.00. The first-order valence-electron chi connectivity index (χ1n) is 1.57. The maximum absolute atomic E-state index is 8.88. The van der Waals surface area contributed by atoms with Gasteiger partial charge in [0.15, 0.2) is 0 Å². The van der Waals surface area contributed by atoms with Gasteiger partial charge in [-0.05, 0) is 0 Å². The van der Waals surface area contributed by atoms with E-state index in [1.54, 1.807) is 0 Å². The molecule has 0 spiro atoms. The molecular formula is H10K3NaO8P2. The summed E-state index contributed by atoms with van der Waals surface area (Å²) in [7, 11) is -9.28. The van der Waals surface area contributed by atoms with E-state index < -0.39 is 15.6 Å². The van der Waals surface area contributed by atoms with Crippen molar-refractivity contribution in [1.82, 2.24) is 0 Å². The van der Waals surface area contributed by atoms with Crippen molar-refractivity contribution in [2.75, 3.05) is 0 Å². The standard InChI is InChI=1S/3K.Na.2H3O4P.4H/c;;;;2*1-5(2,3)4;;;;/h;;;;2*(H3,1,2,3,4);;;;. The van der Waals surface area contributed by atoms with Crippen molar-refractivity contribution in [3.8, 4) is 0 Å². The van der Waals surface area contributed by atoms with Gasteiger partial charge in [-0.1, -0.05) is 0 Å². The van der Waals surface area contributed by atoms with E-state index in [-0.39, 0.29) is 184 Å². The molecule has 8 nitrogen and oxygen atoms in total. The van der Waals surface area contributed by atoms with Crippen molar-refractivity contribution in [3.63, 3.8) is 0 Å². The molecule has 72 valence electrons. The van der Waals surface area contributed by atoms with Crippen LogP contribution in [-0.2, 0) is 9.13 Å². The molecular weight excluding hydrogens is 330 g/mol. The van der Waals surface area contributed by atoms with E-state index in [2.05, 4.69) is 0 Å². The molecule has 0 unspecified atom stereocenters. The van der Waals surface area contributed by atoms with E-state index in [4.69, 9.17) is 38.5 Å². The van der Waals surface area contributed by atoms with Gasteiger partial charge >= 0.3 is 199 Å². The quantitative estimate of drug-likeness (QED) is 0.191. The molecule has 0 aliphatic rings. The van der Waals surface area contributed by atoms with Gasteiger partial charge < -0.3 is 29.4 Å². The molecule has 0 amide bonds. The molecule has 0 aromatic carbocycles. The molecule has 0 saturated carbocycles. The van der Waals surface area contributed by atoms with Crippen molar-refractivity contribution in [2.24, 2.45) is 0 Å². The molecule has 0 bridgehead atoms. The Balaban J connectivity index is -0.0000000178. The summed E-state index contributed by atoms with van der Waals surface area (Å²) in [6, 6.07) is 0. The van der Waals surface area contributed by atoms with Gasteiger partial charge in [0.2, 0.25) is 0 Å². The van der Waals surface area contributed by atoms with Gasteiger partial charge in [-0.2, -0.15) is 0 Å². The molecule has 14 heteroatoms.